The van der Waals surface area contributed by atoms with Crippen LogP contribution >= 0.6 is 34.5 Å². The van der Waals surface area contributed by atoms with Gasteiger partial charge in [-0.2, -0.15) is 0 Å². The first-order valence-corrected chi connectivity index (χ1v) is 28.8. The zero-order chi connectivity index (χ0) is 54.4. The Kier molecular flexibility index (Phi) is 18.0. The molecule has 0 aliphatic rings. The third-order valence-corrected chi connectivity index (χ3v) is 19.0. The number of nitrogens with zero attached hydrogens (tertiary/aromatic N) is 4. The molecule has 75 heavy (non-hydrogen) atoms. The van der Waals surface area contributed by atoms with E-state index in [4.69, 9.17) is 71.0 Å². The number of para-hydroxylation sites is 1. The minimum atomic E-state index is -2.37. The normalized spacial score (nSPS) is 12.8. The second kappa shape index (κ2) is 23.8. The minimum absolute atomic E-state index is 0.0465. The summed E-state index contributed by atoms with van der Waals surface area (Å²) in [6.45, 7) is 23.4. The van der Waals surface area contributed by atoms with Crippen molar-refractivity contribution in [1.82, 2.24) is 19.9 Å². The van der Waals surface area contributed by atoms with Gasteiger partial charge in [-0.15, -0.1) is 17.9 Å². The van der Waals surface area contributed by atoms with Gasteiger partial charge in [-0.05, 0) is 124 Å². The highest BCUT2D eigenvalue weighted by Crippen LogP contribution is 2.53. The molecule has 0 fully saturated rings. The fourth-order valence-corrected chi connectivity index (χ4v) is 10.5. The van der Waals surface area contributed by atoms with Crippen molar-refractivity contribution in [3.8, 4) is 61.8 Å². The molecule has 4 aromatic carbocycles. The molecule has 396 valence electrons. The second-order valence-corrected chi connectivity index (χ2v) is 26.8. The van der Waals surface area contributed by atoms with E-state index in [1.165, 1.54) is 29.8 Å². The number of halogens is 3. The predicted octanol–water partition coefficient (Wildman–Crippen LogP) is 13.8. The van der Waals surface area contributed by atoms with Crippen LogP contribution in [0.25, 0.3) is 43.2 Å². The van der Waals surface area contributed by atoms with Crippen LogP contribution in [0.4, 0.5) is 4.39 Å². The van der Waals surface area contributed by atoms with Crippen LogP contribution in [0, 0.1) is 19.7 Å². The molecular weight excluding hydrogens is 1030 g/mol. The highest BCUT2D eigenvalue weighted by atomic mass is 35.5. The zero-order valence-electron chi connectivity index (χ0n) is 44.1. The molecule has 0 radical (unpaired) electrons. The summed E-state index contributed by atoms with van der Waals surface area (Å²) >= 11 is 15.7. The molecule has 3 aromatic heterocycles. The first-order valence-electron chi connectivity index (χ1n) is 24.3. The van der Waals surface area contributed by atoms with Gasteiger partial charge in [-0.1, -0.05) is 74.3 Å². The Morgan fingerprint density at radius 1 is 0.907 bits per heavy atom. The Hall–Kier alpha value is -6.14. The van der Waals surface area contributed by atoms with E-state index in [9.17, 15) is 14.3 Å². The first-order chi connectivity index (χ1) is 35.5. The third-order valence-electron chi connectivity index (χ3n) is 12.6. The Morgan fingerprint density at radius 3 is 2.27 bits per heavy atom. The lowest BCUT2D eigenvalue weighted by Gasteiger charge is -2.36. The number of hydrogen-bond donors (Lipinski definition) is 1. The number of carbonyl (C=O) groups excluding carboxylic acids is 1. The molecule has 0 saturated carbocycles. The van der Waals surface area contributed by atoms with Crippen molar-refractivity contribution in [2.75, 3.05) is 26.9 Å². The van der Waals surface area contributed by atoms with Crippen molar-refractivity contribution in [2.45, 2.75) is 104 Å². The summed E-state index contributed by atoms with van der Waals surface area (Å²) in [4.78, 5) is 34.6. The quantitative estimate of drug-likeness (QED) is 0.0315. The number of aliphatic hydroxyl groups is 1. The van der Waals surface area contributed by atoms with Crippen LogP contribution in [0.15, 0.2) is 98.0 Å². The smallest absolute Gasteiger partial charge is 0.348 e. The summed E-state index contributed by atoms with van der Waals surface area (Å²) in [7, 11) is -0.771. The summed E-state index contributed by atoms with van der Waals surface area (Å²) < 4.78 is 58.4. The standard InChI is InChI=1S/C57H63Cl2FN4O9SSi/c1-13-26-68-31-40(29-65)70-50-48(58)33(2)45(34(3)49(50)59)46-47-53(62-32-63-54(47)74-51(46)35-18-20-37(60)21-19-35)71-44(55(66)72-56(4,5)6)28-36-27-39(73-75(11,12)57(7,8)9)22-23-42(36)69-30-38-24-25-61-52(64-38)41-16-14-15-17-43(41)67-10/h13-25,27,32,40,44,65H,1,26,28-31H2,2-12H3/t40-,44+/m0/s1. The van der Waals surface area contributed by atoms with Crippen molar-refractivity contribution in [3.63, 3.8) is 0 Å². The maximum Gasteiger partial charge on any atom is 0.348 e. The fraction of sp³-hybridized carbons (Fsp3) is 0.351. The number of fused-ring (bicyclic) bond motifs is 1. The predicted molar refractivity (Wildman–Crippen MR) is 297 cm³/mol. The zero-order valence-corrected chi connectivity index (χ0v) is 47.4. The van der Waals surface area contributed by atoms with Gasteiger partial charge in [0.1, 0.15) is 52.5 Å². The first kappa shape index (κ1) is 56.6. The molecule has 0 spiro atoms. The van der Waals surface area contributed by atoms with Crippen LogP contribution in [0.3, 0.4) is 0 Å². The number of hydrogen-bond acceptors (Lipinski definition) is 14. The Morgan fingerprint density at radius 2 is 1.61 bits per heavy atom. The molecule has 0 aliphatic carbocycles. The number of esters is 1. The van der Waals surface area contributed by atoms with Crippen molar-refractivity contribution < 1.29 is 47.1 Å². The van der Waals surface area contributed by atoms with E-state index < -0.39 is 37.9 Å². The van der Waals surface area contributed by atoms with Gasteiger partial charge < -0.3 is 38.0 Å². The number of carbonyl (C=O) groups is 1. The molecule has 0 amide bonds. The molecule has 3 heterocycles. The number of aromatic nitrogens is 4. The van der Waals surface area contributed by atoms with Gasteiger partial charge in [0.05, 0.1) is 53.6 Å². The average Bonchev–Trinajstić information content (AvgIpc) is 3.75. The Labute approximate surface area is 453 Å². The number of methoxy groups -OCH3 is 1. The highest BCUT2D eigenvalue weighted by Gasteiger charge is 2.39. The van der Waals surface area contributed by atoms with Crippen molar-refractivity contribution in [2.24, 2.45) is 0 Å². The monoisotopic (exact) mass is 1100 g/mol. The van der Waals surface area contributed by atoms with Crippen molar-refractivity contribution in [1.29, 1.82) is 0 Å². The van der Waals surface area contributed by atoms with E-state index in [1.54, 1.807) is 58.4 Å². The van der Waals surface area contributed by atoms with Crippen LogP contribution in [0.2, 0.25) is 28.2 Å². The fourth-order valence-electron chi connectivity index (χ4n) is 7.86. The molecule has 7 aromatic rings. The average molecular weight is 1100 g/mol. The molecule has 7 rings (SSSR count). The molecule has 1 N–H and O–H groups in total. The number of thiophene rings is 1. The van der Waals surface area contributed by atoms with Gasteiger partial charge in [-0.3, -0.25) is 0 Å². The lowest BCUT2D eigenvalue weighted by Crippen LogP contribution is -2.43. The molecule has 0 aliphatic heterocycles. The lowest BCUT2D eigenvalue weighted by molar-refractivity contribution is -0.163. The van der Waals surface area contributed by atoms with Crippen LogP contribution in [0.5, 0.6) is 28.9 Å². The van der Waals surface area contributed by atoms with Gasteiger partial charge in [0, 0.05) is 28.6 Å². The Bertz CT molecular complexity index is 3150. The highest BCUT2D eigenvalue weighted by molar-refractivity contribution is 7.22. The van der Waals surface area contributed by atoms with Crippen LogP contribution < -0.4 is 23.4 Å². The number of rotatable bonds is 21. The van der Waals surface area contributed by atoms with Crippen LogP contribution in [-0.2, 0) is 27.3 Å². The number of aliphatic hydroxyl groups excluding tert-OH is 1. The summed E-state index contributed by atoms with van der Waals surface area (Å²) in [6, 6.07) is 20.9. The van der Waals surface area contributed by atoms with Gasteiger partial charge in [0.2, 0.25) is 20.3 Å². The SMILES string of the molecule is C=CCOC[C@H](CO)Oc1c(Cl)c(C)c(-c2c(-c3ccc(F)cc3)sc3ncnc(O[C@H](Cc4cc(O[Si](C)(C)C(C)(C)C)ccc4OCc4ccnc(-c5ccccc5OC)n4)C(=O)OC(C)(C)C)c23)c(C)c1Cl. The molecule has 0 unspecified atom stereocenters. The number of ether oxygens (including phenoxy) is 6. The van der Waals surface area contributed by atoms with E-state index >= 15 is 0 Å². The molecule has 13 nitrogen and oxygen atoms in total. The summed E-state index contributed by atoms with van der Waals surface area (Å²) in [5, 5.41) is 10.9. The van der Waals surface area contributed by atoms with Crippen LogP contribution in [-0.4, -0.2) is 84.1 Å². The molecule has 2 atom stereocenters. The maximum absolute atomic E-state index is 14.7. The second-order valence-electron chi connectivity index (χ2n) is 20.3. The van der Waals surface area contributed by atoms with Gasteiger partial charge in [0.15, 0.2) is 11.6 Å². The van der Waals surface area contributed by atoms with Crippen molar-refractivity contribution >= 4 is 59.0 Å². The third kappa shape index (κ3) is 13.3. The van der Waals surface area contributed by atoms with E-state index in [0.717, 1.165) is 5.56 Å². The van der Waals surface area contributed by atoms with E-state index in [1.807, 2.05) is 56.3 Å². The largest absolute Gasteiger partial charge is 0.543 e. The summed E-state index contributed by atoms with van der Waals surface area (Å²) in [5.74, 6) is 1.28. The van der Waals surface area contributed by atoms with Gasteiger partial charge in [-0.25, -0.2) is 29.1 Å². The molecule has 0 saturated heterocycles. The van der Waals surface area contributed by atoms with E-state index in [-0.39, 0.29) is 59.6 Å². The molecule has 18 heteroatoms. The van der Waals surface area contributed by atoms with Gasteiger partial charge in [0.25, 0.3) is 0 Å². The van der Waals surface area contributed by atoms with E-state index in [2.05, 4.69) is 45.4 Å². The number of benzene rings is 4. The molecular formula is C57H63Cl2FN4O9SSi. The molecule has 0 bridgehead atoms. The maximum atomic E-state index is 14.7. The van der Waals surface area contributed by atoms with Crippen LogP contribution in [0.1, 0.15) is 63.9 Å². The Balaban J connectivity index is 1.37. The van der Waals surface area contributed by atoms with Gasteiger partial charge >= 0.3 is 5.97 Å². The summed E-state index contributed by atoms with van der Waals surface area (Å²) in [6.07, 6.45) is 2.44. The minimum Gasteiger partial charge on any atom is -0.543 e. The van der Waals surface area contributed by atoms with Crippen molar-refractivity contribution in [3.05, 3.63) is 136 Å². The lowest BCUT2D eigenvalue weighted by atomic mass is 9.92. The summed E-state index contributed by atoms with van der Waals surface area (Å²) in [5.41, 5.74) is 3.96. The topological polar surface area (TPSA) is 153 Å². The van der Waals surface area contributed by atoms with E-state index in [0.29, 0.717) is 77.2 Å².